The lowest BCUT2D eigenvalue weighted by atomic mass is 9.46. The molecule has 0 radical (unpaired) electrons. The number of ether oxygens (including phenoxy) is 4. The standard InChI is InChI=1S/C75H83N3O10/c79-29-4-5-30-85-46-76-70-38-52-19-17-47(15-16-48-18-25-66(82)54(31-48)32-49-10-6-13-60(81)33-49)9-7-14-61-39-67(83)53-21-24-62-63(36-53)56(42-80)37-68(84)72(62)87-43-57-35-59(34-55-40-78(41-64(55)57)73(77-70)65(52)45-86-61)75-58-23-20-50-11-8-12-51(71(50)75)22-26-69(75)74(88-44-58)27-2-1-3-28-74/h6,8,10-13,18,20-21,23-25,31,33-35,37-38,40-41,47,53,58,61,67,69-70,76-77,79-84H,1-5,7,9,14-16,22,26-30,32,36,39,42-46H2. The largest absolute Gasteiger partial charge is 0.508 e. The molecule has 15 rings (SSSR count). The van der Waals surface area contributed by atoms with Crippen LogP contribution in [0.5, 0.6) is 23.0 Å². The van der Waals surface area contributed by atoms with Crippen LogP contribution < -0.4 is 15.4 Å². The number of aliphatic hydroxyl groups is 3. The predicted molar refractivity (Wildman–Crippen MR) is 341 cm³/mol. The maximum absolute atomic E-state index is 12.4. The second-order valence-electron chi connectivity index (χ2n) is 26.2. The Balaban J connectivity index is 0.917. The van der Waals surface area contributed by atoms with Crippen molar-refractivity contribution in [2.75, 3.05) is 33.2 Å². The first-order valence-corrected chi connectivity index (χ1v) is 32.5. The number of nitrogens with zero attached hydrogens (tertiary/aromatic N) is 1. The fourth-order valence-electron chi connectivity index (χ4n) is 16.6. The van der Waals surface area contributed by atoms with Crippen LogP contribution in [-0.2, 0) is 58.5 Å². The number of fused-ring (bicyclic) bond motifs is 3. The molecule has 1 saturated heterocycles. The van der Waals surface area contributed by atoms with Gasteiger partial charge in [-0.1, -0.05) is 104 Å². The quantitative estimate of drug-likeness (QED) is 0.0293. The molecular formula is C75H83N3O10. The summed E-state index contributed by atoms with van der Waals surface area (Å²) in [7, 11) is 0. The lowest BCUT2D eigenvalue weighted by Crippen LogP contribution is -2.63. The Bertz CT molecular complexity index is 3800. The summed E-state index contributed by atoms with van der Waals surface area (Å²) in [5.74, 6) is 9.17. The number of nitrogens with one attached hydrogen (secondary N) is 2. The van der Waals surface area contributed by atoms with Crippen molar-refractivity contribution in [3.05, 3.63) is 182 Å². The van der Waals surface area contributed by atoms with Crippen LogP contribution in [0.2, 0.25) is 0 Å². The Morgan fingerprint density at radius 1 is 0.830 bits per heavy atom. The molecule has 6 aromatic rings. The molecule has 1 saturated carbocycles. The van der Waals surface area contributed by atoms with E-state index >= 15 is 0 Å². The van der Waals surface area contributed by atoms with Gasteiger partial charge in [-0.05, 0) is 169 Å². The lowest BCUT2D eigenvalue weighted by molar-refractivity contribution is -0.182. The Kier molecular flexibility index (Phi) is 16.7. The van der Waals surface area contributed by atoms with Gasteiger partial charge in [-0.3, -0.25) is 5.32 Å². The van der Waals surface area contributed by atoms with Crippen LogP contribution >= 0.6 is 0 Å². The van der Waals surface area contributed by atoms with Gasteiger partial charge in [0.05, 0.1) is 44.4 Å². The van der Waals surface area contributed by atoms with Gasteiger partial charge in [0.1, 0.15) is 30.1 Å². The van der Waals surface area contributed by atoms with Gasteiger partial charge in [-0.15, -0.1) is 0 Å². The van der Waals surface area contributed by atoms with Crippen LogP contribution in [0.3, 0.4) is 0 Å². The van der Waals surface area contributed by atoms with E-state index in [4.69, 9.17) is 18.9 Å². The first-order valence-electron chi connectivity index (χ1n) is 32.5. The zero-order valence-electron chi connectivity index (χ0n) is 50.3. The molecule has 13 nitrogen and oxygen atoms in total. The minimum atomic E-state index is -0.780. The number of phenols is 3. The van der Waals surface area contributed by atoms with Gasteiger partial charge in [-0.25, -0.2) is 0 Å². The van der Waals surface area contributed by atoms with Gasteiger partial charge >= 0.3 is 0 Å². The number of aryl methyl sites for hydroxylation is 2. The van der Waals surface area contributed by atoms with E-state index in [-0.39, 0.29) is 91.2 Å². The predicted octanol–water partition coefficient (Wildman–Crippen LogP) is 11.8. The van der Waals surface area contributed by atoms with Crippen molar-refractivity contribution in [1.29, 1.82) is 0 Å². The highest BCUT2D eigenvalue weighted by molar-refractivity contribution is 5.89. The molecule has 8 bridgehead atoms. The molecule has 5 aromatic carbocycles. The number of hydrogen-bond acceptors (Lipinski definition) is 12. The highest BCUT2D eigenvalue weighted by Gasteiger charge is 2.62. The number of unbranched alkanes of at least 4 members (excludes halogenated alkanes) is 1. The summed E-state index contributed by atoms with van der Waals surface area (Å²) < 4.78 is 29.8. The van der Waals surface area contributed by atoms with E-state index < -0.39 is 12.3 Å². The van der Waals surface area contributed by atoms with E-state index in [1.807, 2.05) is 30.4 Å². The van der Waals surface area contributed by atoms with Gasteiger partial charge in [0, 0.05) is 95.0 Å². The highest BCUT2D eigenvalue weighted by atomic mass is 16.5. The van der Waals surface area contributed by atoms with Crippen molar-refractivity contribution in [3.63, 3.8) is 0 Å². The van der Waals surface area contributed by atoms with Crippen molar-refractivity contribution in [1.82, 2.24) is 15.2 Å². The molecular weight excluding hydrogens is 1100 g/mol. The normalized spacial score (nSPS) is 25.9. The fourth-order valence-corrected chi connectivity index (χ4v) is 16.6. The molecule has 8 unspecified atom stereocenters. The zero-order chi connectivity index (χ0) is 59.9. The van der Waals surface area contributed by atoms with Gasteiger partial charge in [0.2, 0.25) is 0 Å². The van der Waals surface area contributed by atoms with E-state index in [0.29, 0.717) is 56.6 Å². The molecule has 88 heavy (non-hydrogen) atoms. The van der Waals surface area contributed by atoms with Gasteiger partial charge < -0.3 is 59.5 Å². The van der Waals surface area contributed by atoms with Crippen LogP contribution in [-0.4, -0.2) is 92.3 Å². The molecule has 9 aliphatic rings. The van der Waals surface area contributed by atoms with Crippen LogP contribution in [0.25, 0.3) is 28.7 Å². The van der Waals surface area contributed by atoms with E-state index in [1.165, 1.54) is 28.7 Å². The third kappa shape index (κ3) is 11.2. The Labute approximate surface area is 516 Å². The minimum absolute atomic E-state index is 0.00267. The fraction of sp³-hybridized carbons (Fsp3) is 0.440. The summed E-state index contributed by atoms with van der Waals surface area (Å²) in [4.78, 5) is 0. The van der Waals surface area contributed by atoms with Crippen molar-refractivity contribution < 1.29 is 49.6 Å². The van der Waals surface area contributed by atoms with Crippen molar-refractivity contribution in [2.24, 2.45) is 23.7 Å². The molecule has 458 valence electrons. The summed E-state index contributed by atoms with van der Waals surface area (Å²) in [6, 6.07) is 26.4. The first kappa shape index (κ1) is 58.6. The van der Waals surface area contributed by atoms with Gasteiger partial charge in [0.15, 0.2) is 11.5 Å². The SMILES string of the molecule is OCCCCOCNC1C=C2C#CC(CCc3ccc(O)c(Cc4cccc(O)c4)c3)CCCC3CC(O)C4C=Cc5c(c(CO)cc(O)c5OCc5cc(C67c8c9cccc8CCC6C6(CCCCC6)OCC7C=C9)cc6cn(cc56)C(=C2CO3)N1)C4. The van der Waals surface area contributed by atoms with Gasteiger partial charge in [-0.2, -0.15) is 0 Å². The molecule has 6 heterocycles. The van der Waals surface area contributed by atoms with Crippen molar-refractivity contribution in [2.45, 2.75) is 152 Å². The third-order valence-corrected chi connectivity index (χ3v) is 20.9. The molecule has 1 aromatic heterocycles. The number of phenolic OH excluding ortho intramolecular Hbond substituents is 3. The van der Waals surface area contributed by atoms with Crippen molar-refractivity contribution >= 4 is 28.7 Å². The number of benzene rings is 5. The Hall–Kier alpha value is -7.12. The molecule has 8 N–H and O–H groups in total. The lowest BCUT2D eigenvalue weighted by Gasteiger charge is -2.62. The van der Waals surface area contributed by atoms with E-state index in [9.17, 15) is 30.6 Å². The summed E-state index contributed by atoms with van der Waals surface area (Å²) in [6.07, 6.45) is 28.1. The van der Waals surface area contributed by atoms with Crippen LogP contribution in [0.4, 0.5) is 0 Å². The van der Waals surface area contributed by atoms with Crippen LogP contribution in [0.1, 0.15) is 145 Å². The minimum Gasteiger partial charge on any atom is -0.508 e. The van der Waals surface area contributed by atoms with E-state index in [0.717, 1.165) is 132 Å². The second kappa shape index (κ2) is 25.0. The maximum atomic E-state index is 12.4. The van der Waals surface area contributed by atoms with Crippen molar-refractivity contribution in [3.8, 4) is 34.8 Å². The number of hydrogen-bond donors (Lipinski definition) is 8. The highest BCUT2D eigenvalue weighted by Crippen LogP contribution is 2.64. The second-order valence-corrected chi connectivity index (χ2v) is 26.2. The average molecular weight is 1190 g/mol. The number of aromatic nitrogens is 1. The molecule has 2 fully saturated rings. The number of dihydropyridines is 1. The number of rotatable bonds is 14. The monoisotopic (exact) mass is 1190 g/mol. The Morgan fingerprint density at radius 2 is 1.73 bits per heavy atom. The first-order chi connectivity index (χ1) is 43.1. The zero-order valence-corrected chi connectivity index (χ0v) is 50.3. The van der Waals surface area contributed by atoms with E-state index in [2.05, 4.69) is 94.1 Å². The topological polar surface area (TPSA) is 187 Å². The molecule has 4 aliphatic carbocycles. The van der Waals surface area contributed by atoms with Crippen LogP contribution in [0, 0.1) is 35.5 Å². The molecule has 13 heteroatoms. The van der Waals surface area contributed by atoms with Crippen LogP contribution in [0.15, 0.2) is 121 Å². The smallest absolute Gasteiger partial charge is 0.168 e. The average Bonchev–Trinajstić information content (AvgIpc) is 1.29. The van der Waals surface area contributed by atoms with Gasteiger partial charge in [0.25, 0.3) is 0 Å². The molecule has 8 atom stereocenters. The summed E-state index contributed by atoms with van der Waals surface area (Å²) in [6.45, 7) is 1.62. The molecule has 0 amide bonds. The third-order valence-electron chi connectivity index (χ3n) is 20.9. The maximum Gasteiger partial charge on any atom is 0.168 e. The Morgan fingerprint density at radius 3 is 2.60 bits per heavy atom. The number of aliphatic hydroxyl groups excluding tert-OH is 3. The summed E-state index contributed by atoms with van der Waals surface area (Å²) >= 11 is 0. The molecule has 1 spiro atoms. The number of aromatic hydroxyl groups is 3. The molecule has 5 aliphatic heterocycles. The van der Waals surface area contributed by atoms with E-state index in [1.54, 1.807) is 24.3 Å². The summed E-state index contributed by atoms with van der Waals surface area (Å²) in [5, 5.41) is 75.5. The summed E-state index contributed by atoms with van der Waals surface area (Å²) in [5.41, 5.74) is 12.5.